The van der Waals surface area contributed by atoms with Crippen molar-refractivity contribution >= 4 is 21.6 Å². The van der Waals surface area contributed by atoms with E-state index in [-0.39, 0.29) is 6.61 Å². The maximum absolute atomic E-state index is 8.64. The van der Waals surface area contributed by atoms with Crippen molar-refractivity contribution in [2.75, 3.05) is 6.61 Å². The summed E-state index contributed by atoms with van der Waals surface area (Å²) in [6, 6.07) is 0. The lowest BCUT2D eigenvalue weighted by molar-refractivity contribution is 0.306. The molecule has 0 aromatic rings. The molecule has 0 spiro atoms. The van der Waals surface area contributed by atoms with Crippen molar-refractivity contribution in [2.24, 2.45) is 4.99 Å². The van der Waals surface area contributed by atoms with E-state index >= 15 is 0 Å². The van der Waals surface area contributed by atoms with E-state index in [9.17, 15) is 0 Å². The lowest BCUT2D eigenvalue weighted by Crippen LogP contribution is -1.99. The highest BCUT2D eigenvalue weighted by atomic mass is 79.9. The third-order valence-electron chi connectivity index (χ3n) is 1.31. The van der Waals surface area contributed by atoms with Crippen molar-refractivity contribution < 1.29 is 5.11 Å². The third-order valence-corrected chi connectivity index (χ3v) is 1.95. The number of aliphatic imine (C=N–C) groups is 1. The summed E-state index contributed by atoms with van der Waals surface area (Å²) in [6.07, 6.45) is 3.44. The number of aliphatic hydroxyl groups excluding tert-OH is 1. The summed E-state index contributed by atoms with van der Waals surface area (Å²) >= 11 is 3.28. The van der Waals surface area contributed by atoms with Crippen molar-refractivity contribution in [3.63, 3.8) is 0 Å². The minimum absolute atomic E-state index is 0.177. The Hall–Kier alpha value is -0.150. The van der Waals surface area contributed by atoms with Gasteiger partial charge in [-0.3, -0.25) is 4.99 Å². The molecular weight excluding hydrogens is 206 g/mol. The molecule has 2 nitrogen and oxygen atoms in total. The van der Waals surface area contributed by atoms with Gasteiger partial charge in [0.25, 0.3) is 0 Å². The van der Waals surface area contributed by atoms with E-state index < -0.39 is 0 Å². The van der Waals surface area contributed by atoms with Gasteiger partial charge in [0.2, 0.25) is 0 Å². The van der Waals surface area contributed by atoms with Crippen LogP contribution in [-0.2, 0) is 0 Å². The first kappa shape index (κ1) is 10.8. The van der Waals surface area contributed by atoms with E-state index in [1.807, 2.05) is 19.9 Å². The summed E-state index contributed by atoms with van der Waals surface area (Å²) in [4.78, 5) is 4.24. The second-order valence-electron chi connectivity index (χ2n) is 2.12. The zero-order valence-corrected chi connectivity index (χ0v) is 8.56. The molecule has 0 heterocycles. The van der Waals surface area contributed by atoms with Gasteiger partial charge in [0.15, 0.2) is 0 Å². The van der Waals surface area contributed by atoms with E-state index in [1.54, 1.807) is 0 Å². The maximum Gasteiger partial charge on any atom is 0.101 e. The number of rotatable bonds is 4. The van der Waals surface area contributed by atoms with E-state index in [4.69, 9.17) is 5.11 Å². The molecule has 0 saturated heterocycles. The Morgan fingerprint density at radius 1 is 1.64 bits per heavy atom. The van der Waals surface area contributed by atoms with Gasteiger partial charge in [0.05, 0.1) is 0 Å². The Bertz CT molecular complexity index is 163. The Morgan fingerprint density at radius 3 is 2.64 bits per heavy atom. The molecule has 0 radical (unpaired) electrons. The number of aliphatic hydroxyl groups is 1. The molecule has 0 aliphatic rings. The number of allylic oxidation sites excluding steroid dienone is 1. The van der Waals surface area contributed by atoms with Crippen molar-refractivity contribution in [3.05, 3.63) is 10.7 Å². The molecular formula is C8H14BrNO. The first-order valence-electron chi connectivity index (χ1n) is 3.73. The van der Waals surface area contributed by atoms with Gasteiger partial charge in [0.1, 0.15) is 4.61 Å². The minimum Gasteiger partial charge on any atom is -0.396 e. The van der Waals surface area contributed by atoms with Crippen molar-refractivity contribution in [2.45, 2.75) is 26.7 Å². The van der Waals surface area contributed by atoms with Crippen LogP contribution < -0.4 is 0 Å². The van der Waals surface area contributed by atoms with Crippen LogP contribution in [0.25, 0.3) is 0 Å². The first-order chi connectivity index (χ1) is 5.24. The molecule has 3 heteroatoms. The Balaban J connectivity index is 4.10. The fraction of sp³-hybridized carbons (Fsp3) is 0.625. The average Bonchev–Trinajstić information content (AvgIpc) is 2.03. The van der Waals surface area contributed by atoms with Gasteiger partial charge in [-0.25, -0.2) is 0 Å². The normalized spacial score (nSPS) is 13.8. The van der Waals surface area contributed by atoms with E-state index in [1.165, 1.54) is 0 Å². The molecule has 1 N–H and O–H groups in total. The monoisotopic (exact) mass is 219 g/mol. The van der Waals surface area contributed by atoms with Crippen molar-refractivity contribution in [1.29, 1.82) is 0 Å². The van der Waals surface area contributed by atoms with Crippen LogP contribution in [-0.4, -0.2) is 17.4 Å². The molecule has 64 valence electrons. The van der Waals surface area contributed by atoms with Crippen LogP contribution in [0.5, 0.6) is 0 Å². The molecule has 0 fully saturated rings. The second kappa shape index (κ2) is 6.55. The van der Waals surface area contributed by atoms with Crippen LogP contribution >= 0.6 is 15.9 Å². The van der Waals surface area contributed by atoms with Crippen LogP contribution in [0.15, 0.2) is 15.7 Å². The average molecular weight is 220 g/mol. The molecule has 0 aliphatic carbocycles. The van der Waals surface area contributed by atoms with Gasteiger partial charge in [-0.15, -0.1) is 0 Å². The highest BCUT2D eigenvalue weighted by Gasteiger charge is 1.94. The van der Waals surface area contributed by atoms with Crippen LogP contribution in [0.1, 0.15) is 26.7 Å². The molecule has 0 saturated carbocycles. The summed E-state index contributed by atoms with van der Waals surface area (Å²) in [7, 11) is 0. The van der Waals surface area contributed by atoms with Gasteiger partial charge in [0, 0.05) is 18.7 Å². The van der Waals surface area contributed by atoms with Gasteiger partial charge in [-0.05, 0) is 29.3 Å². The summed E-state index contributed by atoms with van der Waals surface area (Å²) in [6.45, 7) is 4.13. The largest absolute Gasteiger partial charge is 0.396 e. The predicted octanol–water partition coefficient (Wildman–Crippen LogP) is 2.48. The number of hydrogen-bond donors (Lipinski definition) is 1. The Kier molecular flexibility index (Phi) is 6.46. The van der Waals surface area contributed by atoms with Gasteiger partial charge in [-0.2, -0.15) is 0 Å². The molecule has 0 bridgehead atoms. The molecule has 0 aromatic carbocycles. The minimum atomic E-state index is 0.177. The standard InChI is InChI=1S/C8H14BrNO/c1-3-7(5-6-11)10-8(9)4-2/h4,11H,3,5-6H2,1-2H3/b8-4-,10-7?. The quantitative estimate of drug-likeness (QED) is 0.572. The van der Waals surface area contributed by atoms with Gasteiger partial charge >= 0.3 is 0 Å². The highest BCUT2D eigenvalue weighted by molar-refractivity contribution is 9.11. The van der Waals surface area contributed by atoms with Crippen molar-refractivity contribution in [3.8, 4) is 0 Å². The topological polar surface area (TPSA) is 32.6 Å². The van der Waals surface area contributed by atoms with Gasteiger partial charge in [-0.1, -0.05) is 13.0 Å². The molecule has 0 aliphatic heterocycles. The van der Waals surface area contributed by atoms with Crippen LogP contribution in [0.2, 0.25) is 0 Å². The number of hydrogen-bond acceptors (Lipinski definition) is 2. The molecule has 0 unspecified atom stereocenters. The van der Waals surface area contributed by atoms with Crippen LogP contribution in [0.4, 0.5) is 0 Å². The zero-order valence-electron chi connectivity index (χ0n) is 6.97. The Morgan fingerprint density at radius 2 is 2.27 bits per heavy atom. The predicted molar refractivity (Wildman–Crippen MR) is 52.1 cm³/mol. The molecule has 0 atom stereocenters. The van der Waals surface area contributed by atoms with Crippen LogP contribution in [0.3, 0.4) is 0 Å². The molecule has 11 heavy (non-hydrogen) atoms. The van der Waals surface area contributed by atoms with Crippen LogP contribution in [0, 0.1) is 0 Å². The fourth-order valence-corrected chi connectivity index (χ4v) is 0.907. The van der Waals surface area contributed by atoms with E-state index in [2.05, 4.69) is 20.9 Å². The molecule has 0 rings (SSSR count). The molecule has 0 aromatic heterocycles. The summed E-state index contributed by atoms with van der Waals surface area (Å²) in [5.41, 5.74) is 1.03. The second-order valence-corrected chi connectivity index (χ2v) is 2.93. The molecule has 0 amide bonds. The maximum atomic E-state index is 8.64. The highest BCUT2D eigenvalue weighted by Crippen LogP contribution is 2.08. The summed E-state index contributed by atoms with van der Waals surface area (Å²) in [5.74, 6) is 0. The number of halogens is 1. The van der Waals surface area contributed by atoms with Gasteiger partial charge < -0.3 is 5.11 Å². The fourth-order valence-electron chi connectivity index (χ4n) is 0.656. The SMILES string of the molecule is C/C=C(/Br)N=C(CC)CCO. The smallest absolute Gasteiger partial charge is 0.101 e. The first-order valence-corrected chi connectivity index (χ1v) is 4.53. The zero-order chi connectivity index (χ0) is 8.69. The number of nitrogens with zero attached hydrogens (tertiary/aromatic N) is 1. The summed E-state index contributed by atoms with van der Waals surface area (Å²) in [5, 5.41) is 8.64. The van der Waals surface area contributed by atoms with Crippen molar-refractivity contribution in [1.82, 2.24) is 0 Å². The lowest BCUT2D eigenvalue weighted by Gasteiger charge is -1.99. The van der Waals surface area contributed by atoms with E-state index in [0.29, 0.717) is 6.42 Å². The third kappa shape index (κ3) is 5.16. The lowest BCUT2D eigenvalue weighted by atomic mass is 10.2. The Labute approximate surface area is 76.2 Å². The van der Waals surface area contributed by atoms with E-state index in [0.717, 1.165) is 16.7 Å². The summed E-state index contributed by atoms with van der Waals surface area (Å²) < 4.78 is 0.836.